The van der Waals surface area contributed by atoms with Gasteiger partial charge in [0.25, 0.3) is 0 Å². The zero-order chi connectivity index (χ0) is 10.8. The maximum absolute atomic E-state index is 5.86. The summed E-state index contributed by atoms with van der Waals surface area (Å²) < 4.78 is 0. The fourth-order valence-corrected chi connectivity index (χ4v) is 2.72. The van der Waals surface area contributed by atoms with E-state index in [0.29, 0.717) is 6.04 Å². The van der Waals surface area contributed by atoms with Crippen LogP contribution >= 0.6 is 0 Å². The van der Waals surface area contributed by atoms with Crippen LogP contribution in [0.3, 0.4) is 0 Å². The molecule has 0 amide bonds. The molecule has 1 saturated carbocycles. The third-order valence-electron chi connectivity index (χ3n) is 3.73. The standard InChI is InChI=1S/C12H25N3/c1-10(13)8-15-7-3-4-12(9-15)14(2)11-5-6-11/h10-12H,3-9,13H2,1-2H3. The molecule has 2 fully saturated rings. The molecule has 1 aliphatic carbocycles. The molecule has 1 heterocycles. The molecule has 0 aromatic carbocycles. The predicted octanol–water partition coefficient (Wildman–Crippen LogP) is 0.892. The zero-order valence-corrected chi connectivity index (χ0v) is 10.2. The van der Waals surface area contributed by atoms with Crippen molar-refractivity contribution in [1.29, 1.82) is 0 Å². The summed E-state index contributed by atoms with van der Waals surface area (Å²) in [6.45, 7) is 5.65. The Bertz CT molecular complexity index is 201. The number of nitrogens with two attached hydrogens (primary N) is 1. The third-order valence-corrected chi connectivity index (χ3v) is 3.73. The highest BCUT2D eigenvalue weighted by molar-refractivity contribution is 4.89. The SMILES string of the molecule is CC(N)CN1CCCC(N(C)C2CC2)C1. The van der Waals surface area contributed by atoms with E-state index in [4.69, 9.17) is 5.73 Å². The largest absolute Gasteiger partial charge is 0.327 e. The number of hydrogen-bond acceptors (Lipinski definition) is 3. The number of rotatable bonds is 4. The van der Waals surface area contributed by atoms with Crippen molar-refractivity contribution in [1.82, 2.24) is 9.80 Å². The maximum Gasteiger partial charge on any atom is 0.0223 e. The van der Waals surface area contributed by atoms with E-state index in [2.05, 4.69) is 23.8 Å². The summed E-state index contributed by atoms with van der Waals surface area (Å²) in [4.78, 5) is 5.14. The van der Waals surface area contributed by atoms with Crippen molar-refractivity contribution in [2.24, 2.45) is 5.73 Å². The zero-order valence-electron chi connectivity index (χ0n) is 10.2. The van der Waals surface area contributed by atoms with Gasteiger partial charge in [-0.05, 0) is 46.2 Å². The second kappa shape index (κ2) is 4.81. The maximum atomic E-state index is 5.86. The molecule has 0 aromatic rings. The molecule has 3 nitrogen and oxygen atoms in total. The van der Waals surface area contributed by atoms with Crippen molar-refractivity contribution in [3.63, 3.8) is 0 Å². The Morgan fingerprint density at radius 3 is 2.67 bits per heavy atom. The van der Waals surface area contributed by atoms with Crippen molar-refractivity contribution in [3.8, 4) is 0 Å². The molecule has 2 unspecified atom stereocenters. The summed E-state index contributed by atoms with van der Waals surface area (Å²) in [7, 11) is 2.30. The van der Waals surface area contributed by atoms with Crippen LogP contribution in [0.4, 0.5) is 0 Å². The van der Waals surface area contributed by atoms with Gasteiger partial charge in [-0.2, -0.15) is 0 Å². The average molecular weight is 211 g/mol. The van der Waals surface area contributed by atoms with Gasteiger partial charge in [-0.15, -0.1) is 0 Å². The second-order valence-corrected chi connectivity index (χ2v) is 5.43. The molecule has 0 aromatic heterocycles. The Morgan fingerprint density at radius 2 is 2.07 bits per heavy atom. The van der Waals surface area contributed by atoms with E-state index in [1.54, 1.807) is 0 Å². The first kappa shape index (κ1) is 11.4. The first-order chi connectivity index (χ1) is 7.16. The van der Waals surface area contributed by atoms with E-state index in [1.807, 2.05) is 0 Å². The van der Waals surface area contributed by atoms with Gasteiger partial charge in [0.05, 0.1) is 0 Å². The molecule has 0 spiro atoms. The smallest absolute Gasteiger partial charge is 0.0223 e. The van der Waals surface area contributed by atoms with Crippen molar-refractivity contribution in [2.75, 3.05) is 26.7 Å². The van der Waals surface area contributed by atoms with Gasteiger partial charge in [0.1, 0.15) is 0 Å². The van der Waals surface area contributed by atoms with Gasteiger partial charge >= 0.3 is 0 Å². The number of hydrogen-bond donors (Lipinski definition) is 1. The van der Waals surface area contributed by atoms with Crippen LogP contribution in [0.1, 0.15) is 32.6 Å². The number of nitrogens with zero attached hydrogens (tertiary/aromatic N) is 2. The lowest BCUT2D eigenvalue weighted by atomic mass is 10.0. The van der Waals surface area contributed by atoms with Crippen LogP contribution in [0.15, 0.2) is 0 Å². The van der Waals surface area contributed by atoms with E-state index in [0.717, 1.165) is 18.6 Å². The van der Waals surface area contributed by atoms with E-state index >= 15 is 0 Å². The monoisotopic (exact) mass is 211 g/mol. The quantitative estimate of drug-likeness (QED) is 0.749. The lowest BCUT2D eigenvalue weighted by Gasteiger charge is -2.38. The average Bonchev–Trinajstić information content (AvgIpc) is 2.99. The molecule has 2 N–H and O–H groups in total. The molecule has 1 aliphatic heterocycles. The molecule has 3 heteroatoms. The molecule has 2 atom stereocenters. The van der Waals surface area contributed by atoms with Crippen LogP contribution in [0, 0.1) is 0 Å². The number of likely N-dealkylation sites (N-methyl/N-ethyl adjacent to an activating group) is 1. The minimum Gasteiger partial charge on any atom is -0.327 e. The van der Waals surface area contributed by atoms with Gasteiger partial charge in [0.2, 0.25) is 0 Å². The van der Waals surface area contributed by atoms with Crippen LogP contribution in [-0.2, 0) is 0 Å². The molecule has 0 radical (unpaired) electrons. The summed E-state index contributed by atoms with van der Waals surface area (Å²) >= 11 is 0. The number of piperidine rings is 1. The molecule has 2 aliphatic rings. The molecular formula is C12H25N3. The Kier molecular flexibility index (Phi) is 3.65. The van der Waals surface area contributed by atoms with Gasteiger partial charge in [-0.25, -0.2) is 0 Å². The van der Waals surface area contributed by atoms with Crippen LogP contribution in [0.2, 0.25) is 0 Å². The molecule has 0 bridgehead atoms. The van der Waals surface area contributed by atoms with Gasteiger partial charge in [0.15, 0.2) is 0 Å². The molecule has 2 rings (SSSR count). The van der Waals surface area contributed by atoms with Crippen molar-refractivity contribution < 1.29 is 0 Å². The molecule has 1 saturated heterocycles. The highest BCUT2D eigenvalue weighted by Gasteiger charge is 2.33. The van der Waals surface area contributed by atoms with E-state index in [-0.39, 0.29) is 0 Å². The second-order valence-electron chi connectivity index (χ2n) is 5.43. The first-order valence-electron chi connectivity index (χ1n) is 6.36. The predicted molar refractivity (Wildman–Crippen MR) is 63.9 cm³/mol. The third kappa shape index (κ3) is 3.16. The van der Waals surface area contributed by atoms with Gasteiger partial charge < -0.3 is 10.6 Å². The Labute approximate surface area is 93.6 Å². The topological polar surface area (TPSA) is 32.5 Å². The lowest BCUT2D eigenvalue weighted by Crippen LogP contribution is -2.49. The van der Waals surface area contributed by atoms with Crippen LogP contribution in [0.5, 0.6) is 0 Å². The summed E-state index contributed by atoms with van der Waals surface area (Å²) in [5, 5.41) is 0. The summed E-state index contributed by atoms with van der Waals surface area (Å²) in [5.41, 5.74) is 5.86. The van der Waals surface area contributed by atoms with Crippen LogP contribution in [-0.4, -0.2) is 54.6 Å². The normalized spacial score (nSPS) is 30.8. The molecular weight excluding hydrogens is 186 g/mol. The van der Waals surface area contributed by atoms with Crippen molar-refractivity contribution in [2.45, 2.75) is 50.7 Å². The Balaban J connectivity index is 1.80. The lowest BCUT2D eigenvalue weighted by molar-refractivity contribution is 0.108. The van der Waals surface area contributed by atoms with Crippen LogP contribution < -0.4 is 5.73 Å². The van der Waals surface area contributed by atoms with Gasteiger partial charge in [-0.3, -0.25) is 4.90 Å². The minimum absolute atomic E-state index is 0.315. The molecule has 88 valence electrons. The first-order valence-corrected chi connectivity index (χ1v) is 6.36. The fourth-order valence-electron chi connectivity index (χ4n) is 2.72. The fraction of sp³-hybridized carbons (Fsp3) is 1.00. The van der Waals surface area contributed by atoms with E-state index in [1.165, 1.54) is 38.8 Å². The van der Waals surface area contributed by atoms with E-state index in [9.17, 15) is 0 Å². The Morgan fingerprint density at radius 1 is 1.33 bits per heavy atom. The highest BCUT2D eigenvalue weighted by Crippen LogP contribution is 2.29. The van der Waals surface area contributed by atoms with Gasteiger partial charge in [-0.1, -0.05) is 0 Å². The van der Waals surface area contributed by atoms with Crippen LogP contribution in [0.25, 0.3) is 0 Å². The van der Waals surface area contributed by atoms with Gasteiger partial charge in [0, 0.05) is 31.2 Å². The number of likely N-dealkylation sites (tertiary alicyclic amines) is 1. The van der Waals surface area contributed by atoms with Crippen molar-refractivity contribution >= 4 is 0 Å². The summed E-state index contributed by atoms with van der Waals surface area (Å²) in [6.07, 6.45) is 5.55. The van der Waals surface area contributed by atoms with E-state index < -0.39 is 0 Å². The minimum atomic E-state index is 0.315. The summed E-state index contributed by atoms with van der Waals surface area (Å²) in [6, 6.07) is 1.99. The Hall–Kier alpha value is -0.120. The summed E-state index contributed by atoms with van der Waals surface area (Å²) in [5.74, 6) is 0. The van der Waals surface area contributed by atoms with Crippen molar-refractivity contribution in [3.05, 3.63) is 0 Å². The highest BCUT2D eigenvalue weighted by atomic mass is 15.2. The molecule has 15 heavy (non-hydrogen) atoms.